The molecule has 1 aromatic carbocycles. The van der Waals surface area contributed by atoms with Crippen molar-refractivity contribution in [2.75, 3.05) is 18.8 Å². The fourth-order valence-corrected chi connectivity index (χ4v) is 3.63. The van der Waals surface area contributed by atoms with Crippen molar-refractivity contribution in [2.45, 2.75) is 24.7 Å². The topological polar surface area (TPSA) is 54.5 Å². The van der Waals surface area contributed by atoms with Crippen LogP contribution in [0.25, 0.3) is 0 Å². The fourth-order valence-electron chi connectivity index (χ4n) is 2.38. The van der Waals surface area contributed by atoms with Crippen LogP contribution in [0.4, 0.5) is 0 Å². The van der Waals surface area contributed by atoms with Gasteiger partial charge in [0, 0.05) is 13.1 Å². The minimum Gasteiger partial charge on any atom is -0.342 e. The molecule has 1 fully saturated rings. The largest absolute Gasteiger partial charge is 0.342 e. The molecule has 2 rings (SSSR count). The quantitative estimate of drug-likeness (QED) is 0.847. The molecule has 1 saturated heterocycles. The Kier molecular flexibility index (Phi) is 4.24. The summed E-state index contributed by atoms with van der Waals surface area (Å²) in [5.41, 5.74) is 0. The van der Waals surface area contributed by atoms with E-state index in [-0.39, 0.29) is 10.8 Å². The van der Waals surface area contributed by atoms with Crippen molar-refractivity contribution in [1.29, 1.82) is 0 Å². The molecule has 19 heavy (non-hydrogen) atoms. The van der Waals surface area contributed by atoms with Gasteiger partial charge >= 0.3 is 0 Å². The number of hydrogen-bond acceptors (Lipinski definition) is 3. The van der Waals surface area contributed by atoms with Crippen LogP contribution in [0.1, 0.15) is 19.8 Å². The molecule has 0 saturated carbocycles. The van der Waals surface area contributed by atoms with E-state index in [9.17, 15) is 13.2 Å². The molecule has 1 amide bonds. The molecule has 0 N–H and O–H groups in total. The van der Waals surface area contributed by atoms with Gasteiger partial charge in [-0.05, 0) is 30.9 Å². The number of hydrogen-bond donors (Lipinski definition) is 0. The number of benzene rings is 1. The minimum atomic E-state index is -3.52. The number of nitrogens with zero attached hydrogens (tertiary/aromatic N) is 1. The monoisotopic (exact) mass is 281 g/mol. The molecule has 0 aromatic heterocycles. The highest BCUT2D eigenvalue weighted by molar-refractivity contribution is 7.92. The number of piperidine rings is 1. The predicted octanol–water partition coefficient (Wildman–Crippen LogP) is 1.72. The van der Waals surface area contributed by atoms with Gasteiger partial charge in [-0.15, -0.1) is 0 Å². The van der Waals surface area contributed by atoms with Crippen LogP contribution in [0.3, 0.4) is 0 Å². The third-order valence-corrected chi connectivity index (χ3v) is 5.04. The Hall–Kier alpha value is -1.36. The lowest BCUT2D eigenvalue weighted by Gasteiger charge is -2.30. The van der Waals surface area contributed by atoms with Gasteiger partial charge in [0.05, 0.1) is 4.90 Å². The summed E-state index contributed by atoms with van der Waals surface area (Å²) in [7, 11) is -3.52. The van der Waals surface area contributed by atoms with Gasteiger partial charge in [-0.1, -0.05) is 25.1 Å². The van der Waals surface area contributed by atoms with Crippen molar-refractivity contribution in [3.05, 3.63) is 30.3 Å². The molecule has 0 radical (unpaired) electrons. The zero-order chi connectivity index (χ0) is 13.9. The smallest absolute Gasteiger partial charge is 0.238 e. The van der Waals surface area contributed by atoms with Crippen LogP contribution in [-0.4, -0.2) is 38.1 Å². The molecular formula is C14H19NO3S. The maximum Gasteiger partial charge on any atom is 0.238 e. The van der Waals surface area contributed by atoms with E-state index in [1.165, 1.54) is 12.1 Å². The summed E-state index contributed by atoms with van der Waals surface area (Å²) >= 11 is 0. The molecule has 0 aliphatic carbocycles. The molecule has 0 spiro atoms. The SMILES string of the molecule is CC1CCCN(C(=O)CS(=O)(=O)c2ccccc2)C1. The molecule has 1 aromatic rings. The van der Waals surface area contributed by atoms with Crippen LogP contribution in [-0.2, 0) is 14.6 Å². The number of likely N-dealkylation sites (tertiary alicyclic amines) is 1. The lowest BCUT2D eigenvalue weighted by molar-refractivity contribution is -0.130. The molecule has 104 valence electrons. The molecule has 1 unspecified atom stereocenters. The number of amides is 1. The van der Waals surface area contributed by atoms with Crippen molar-refractivity contribution < 1.29 is 13.2 Å². The van der Waals surface area contributed by atoms with E-state index in [4.69, 9.17) is 0 Å². The predicted molar refractivity (Wildman–Crippen MR) is 73.5 cm³/mol. The summed E-state index contributed by atoms with van der Waals surface area (Å²) in [6, 6.07) is 8.15. The normalized spacial score (nSPS) is 20.3. The van der Waals surface area contributed by atoms with Gasteiger partial charge in [0.15, 0.2) is 9.84 Å². The molecule has 1 atom stereocenters. The number of rotatable bonds is 3. The van der Waals surface area contributed by atoms with Crippen molar-refractivity contribution in [3.8, 4) is 0 Å². The second kappa shape index (κ2) is 5.74. The van der Waals surface area contributed by atoms with Gasteiger partial charge in [-0.3, -0.25) is 4.79 Å². The first-order valence-electron chi connectivity index (χ1n) is 6.54. The first-order valence-corrected chi connectivity index (χ1v) is 8.20. The molecule has 1 aliphatic heterocycles. The Balaban J connectivity index is 2.06. The third-order valence-electron chi connectivity index (χ3n) is 3.43. The van der Waals surface area contributed by atoms with Gasteiger partial charge in [0.1, 0.15) is 5.75 Å². The Morgan fingerprint density at radius 3 is 2.63 bits per heavy atom. The minimum absolute atomic E-state index is 0.216. The van der Waals surface area contributed by atoms with E-state index in [0.717, 1.165) is 12.8 Å². The summed E-state index contributed by atoms with van der Waals surface area (Å²) in [5, 5.41) is 0. The molecule has 5 heteroatoms. The summed E-state index contributed by atoms with van der Waals surface area (Å²) in [4.78, 5) is 14.0. The van der Waals surface area contributed by atoms with Gasteiger partial charge < -0.3 is 4.90 Å². The van der Waals surface area contributed by atoms with Crippen LogP contribution in [0.15, 0.2) is 35.2 Å². The summed E-state index contributed by atoms with van der Waals surface area (Å²) < 4.78 is 24.2. The first-order chi connectivity index (χ1) is 8.99. The van der Waals surface area contributed by atoms with Crippen molar-refractivity contribution in [3.63, 3.8) is 0 Å². The molecule has 1 aliphatic rings. The van der Waals surface area contributed by atoms with Crippen LogP contribution < -0.4 is 0 Å². The Morgan fingerprint density at radius 2 is 2.00 bits per heavy atom. The van der Waals surface area contributed by atoms with E-state index < -0.39 is 15.6 Å². The lowest BCUT2D eigenvalue weighted by Crippen LogP contribution is -2.42. The van der Waals surface area contributed by atoms with Gasteiger partial charge in [-0.25, -0.2) is 8.42 Å². The average Bonchev–Trinajstić information content (AvgIpc) is 2.39. The Labute approximate surface area is 114 Å². The van der Waals surface area contributed by atoms with Gasteiger partial charge in [-0.2, -0.15) is 0 Å². The lowest BCUT2D eigenvalue weighted by atomic mass is 10.0. The Morgan fingerprint density at radius 1 is 1.32 bits per heavy atom. The van der Waals surface area contributed by atoms with Crippen molar-refractivity contribution in [2.24, 2.45) is 5.92 Å². The second-order valence-corrected chi connectivity index (χ2v) is 7.15. The van der Waals surface area contributed by atoms with Crippen LogP contribution in [0, 0.1) is 5.92 Å². The van der Waals surface area contributed by atoms with E-state index in [2.05, 4.69) is 6.92 Å². The maximum absolute atomic E-state index is 12.1. The van der Waals surface area contributed by atoms with Gasteiger partial charge in [0.25, 0.3) is 0 Å². The zero-order valence-electron chi connectivity index (χ0n) is 11.1. The summed E-state index contributed by atoms with van der Waals surface area (Å²) in [5.74, 6) is -0.253. The van der Waals surface area contributed by atoms with Crippen LogP contribution in [0.2, 0.25) is 0 Å². The summed E-state index contributed by atoms with van der Waals surface area (Å²) in [6.07, 6.45) is 2.06. The van der Waals surface area contributed by atoms with Gasteiger partial charge in [0.2, 0.25) is 5.91 Å². The highest BCUT2D eigenvalue weighted by Gasteiger charge is 2.26. The number of carbonyl (C=O) groups excluding carboxylic acids is 1. The first kappa shape index (κ1) is 14.1. The van der Waals surface area contributed by atoms with E-state index in [0.29, 0.717) is 19.0 Å². The number of carbonyl (C=O) groups is 1. The van der Waals surface area contributed by atoms with E-state index in [1.807, 2.05) is 0 Å². The standard InChI is InChI=1S/C14H19NO3S/c1-12-6-5-9-15(10-12)14(16)11-19(17,18)13-7-3-2-4-8-13/h2-4,7-8,12H,5-6,9-11H2,1H3. The van der Waals surface area contributed by atoms with Crippen molar-refractivity contribution >= 4 is 15.7 Å². The molecule has 1 heterocycles. The average molecular weight is 281 g/mol. The Bertz CT molecular complexity index is 539. The molecular weight excluding hydrogens is 262 g/mol. The second-order valence-electron chi connectivity index (χ2n) is 5.16. The number of sulfone groups is 1. The van der Waals surface area contributed by atoms with E-state index >= 15 is 0 Å². The van der Waals surface area contributed by atoms with Crippen LogP contribution in [0.5, 0.6) is 0 Å². The van der Waals surface area contributed by atoms with Crippen LogP contribution >= 0.6 is 0 Å². The molecule has 4 nitrogen and oxygen atoms in total. The van der Waals surface area contributed by atoms with Crippen molar-refractivity contribution in [1.82, 2.24) is 4.90 Å². The highest BCUT2D eigenvalue weighted by atomic mass is 32.2. The maximum atomic E-state index is 12.1. The third kappa shape index (κ3) is 3.56. The van der Waals surface area contributed by atoms with E-state index in [1.54, 1.807) is 23.1 Å². The highest BCUT2D eigenvalue weighted by Crippen LogP contribution is 2.17. The molecule has 0 bridgehead atoms. The zero-order valence-corrected chi connectivity index (χ0v) is 11.9. The summed E-state index contributed by atoms with van der Waals surface area (Å²) in [6.45, 7) is 3.43. The fraction of sp³-hybridized carbons (Fsp3) is 0.500.